The number of primary amides is 1. The minimum absolute atomic E-state index is 0.121. The number of hydrogen-bond donors (Lipinski definition) is 1. The van der Waals surface area contributed by atoms with Gasteiger partial charge in [-0.2, -0.15) is 5.10 Å². The van der Waals surface area contributed by atoms with Crippen LogP contribution >= 0.6 is 0 Å². The molecule has 0 aromatic heterocycles. The second-order valence-electron chi connectivity index (χ2n) is 4.73. The second-order valence-corrected chi connectivity index (χ2v) is 4.73. The second kappa shape index (κ2) is 5.17. The fourth-order valence-electron chi connectivity index (χ4n) is 2.45. The van der Waals surface area contributed by atoms with Crippen LogP contribution in [-0.2, 0) is 0 Å². The summed E-state index contributed by atoms with van der Waals surface area (Å²) in [4.78, 5) is 11.6. The van der Waals surface area contributed by atoms with Gasteiger partial charge < -0.3 is 5.73 Å². The van der Waals surface area contributed by atoms with Crippen LogP contribution in [0.2, 0.25) is 0 Å². The van der Waals surface area contributed by atoms with Crippen LogP contribution in [0, 0.1) is 0 Å². The van der Waals surface area contributed by atoms with Gasteiger partial charge in [-0.3, -0.25) is 0 Å². The number of nitrogens with zero attached hydrogens (tertiary/aromatic N) is 2. The van der Waals surface area contributed by atoms with Crippen LogP contribution in [0.15, 0.2) is 65.8 Å². The molecule has 1 aliphatic heterocycles. The summed E-state index contributed by atoms with van der Waals surface area (Å²) >= 11 is 0. The van der Waals surface area contributed by atoms with E-state index in [1.807, 2.05) is 60.7 Å². The zero-order valence-electron chi connectivity index (χ0n) is 10.9. The van der Waals surface area contributed by atoms with Crippen LogP contribution < -0.4 is 5.73 Å². The van der Waals surface area contributed by atoms with Crippen LogP contribution in [0.5, 0.6) is 0 Å². The Morgan fingerprint density at radius 1 is 1.05 bits per heavy atom. The van der Waals surface area contributed by atoms with Gasteiger partial charge in [0.2, 0.25) is 0 Å². The van der Waals surface area contributed by atoms with Crippen molar-refractivity contribution in [2.45, 2.75) is 12.5 Å². The predicted octanol–water partition coefficient (Wildman–Crippen LogP) is 2.92. The van der Waals surface area contributed by atoms with Gasteiger partial charge in [-0.1, -0.05) is 60.7 Å². The van der Waals surface area contributed by atoms with Gasteiger partial charge in [0.1, 0.15) is 0 Å². The molecule has 2 aromatic carbocycles. The van der Waals surface area contributed by atoms with E-state index >= 15 is 0 Å². The van der Waals surface area contributed by atoms with E-state index in [1.54, 1.807) is 0 Å². The van der Waals surface area contributed by atoms with E-state index in [0.29, 0.717) is 6.42 Å². The number of rotatable bonds is 2. The van der Waals surface area contributed by atoms with Crippen LogP contribution in [0.25, 0.3) is 0 Å². The molecule has 0 aliphatic carbocycles. The molecule has 3 rings (SSSR count). The van der Waals surface area contributed by atoms with Crippen molar-refractivity contribution in [1.82, 2.24) is 5.01 Å². The number of carbonyl (C=O) groups is 1. The number of nitrogens with two attached hydrogens (primary N) is 1. The van der Waals surface area contributed by atoms with E-state index in [0.717, 1.165) is 16.8 Å². The van der Waals surface area contributed by atoms with E-state index in [9.17, 15) is 4.79 Å². The molecule has 1 atom stereocenters. The summed E-state index contributed by atoms with van der Waals surface area (Å²) in [5.74, 6) is 0. The van der Waals surface area contributed by atoms with Gasteiger partial charge in [0.05, 0.1) is 11.8 Å². The van der Waals surface area contributed by atoms with Crippen molar-refractivity contribution >= 4 is 11.7 Å². The number of hydrazone groups is 1. The van der Waals surface area contributed by atoms with Gasteiger partial charge >= 0.3 is 6.03 Å². The van der Waals surface area contributed by atoms with Gasteiger partial charge in [0, 0.05) is 6.42 Å². The zero-order chi connectivity index (χ0) is 13.9. The standard InChI is InChI=1S/C16H15N3O/c17-16(20)19-15(13-9-5-2-6-10-13)11-14(18-19)12-7-3-1-4-8-12/h1-10,15H,11H2,(H2,17,20)/t15-/m0/s1. The highest BCUT2D eigenvalue weighted by Crippen LogP contribution is 2.32. The topological polar surface area (TPSA) is 58.7 Å². The summed E-state index contributed by atoms with van der Waals surface area (Å²) in [5.41, 5.74) is 8.40. The third-order valence-electron chi connectivity index (χ3n) is 3.43. The van der Waals surface area contributed by atoms with E-state index in [1.165, 1.54) is 5.01 Å². The molecule has 4 heteroatoms. The number of urea groups is 1. The summed E-state index contributed by atoms with van der Waals surface area (Å²) in [5, 5.41) is 5.76. The molecule has 0 spiro atoms. The maximum atomic E-state index is 11.6. The number of benzene rings is 2. The van der Waals surface area contributed by atoms with Crippen molar-refractivity contribution in [2.75, 3.05) is 0 Å². The Hall–Kier alpha value is -2.62. The summed E-state index contributed by atoms with van der Waals surface area (Å²) in [7, 11) is 0. The molecule has 0 saturated carbocycles. The lowest BCUT2D eigenvalue weighted by Crippen LogP contribution is -2.31. The molecule has 4 nitrogen and oxygen atoms in total. The Bertz CT molecular complexity index is 637. The maximum Gasteiger partial charge on any atom is 0.335 e. The Balaban J connectivity index is 1.94. The molecule has 2 N–H and O–H groups in total. The first-order valence-electron chi connectivity index (χ1n) is 6.52. The first-order chi connectivity index (χ1) is 9.75. The normalized spacial score (nSPS) is 17.9. The van der Waals surface area contributed by atoms with Crippen molar-refractivity contribution in [3.8, 4) is 0 Å². The van der Waals surface area contributed by atoms with Crippen molar-refractivity contribution in [3.63, 3.8) is 0 Å². The average molecular weight is 265 g/mol. The lowest BCUT2D eigenvalue weighted by molar-refractivity contribution is 0.196. The van der Waals surface area contributed by atoms with Gasteiger partial charge in [-0.25, -0.2) is 9.80 Å². The third-order valence-corrected chi connectivity index (χ3v) is 3.43. The predicted molar refractivity (Wildman–Crippen MR) is 78.2 cm³/mol. The quantitative estimate of drug-likeness (QED) is 0.891. The summed E-state index contributed by atoms with van der Waals surface area (Å²) in [6.07, 6.45) is 0.678. The minimum atomic E-state index is -0.523. The molecular weight excluding hydrogens is 250 g/mol. The largest absolute Gasteiger partial charge is 0.350 e. The van der Waals surface area contributed by atoms with Gasteiger partial charge in [0.15, 0.2) is 0 Å². The van der Waals surface area contributed by atoms with Gasteiger partial charge in [-0.05, 0) is 11.1 Å². The third kappa shape index (κ3) is 2.28. The molecule has 0 fully saturated rings. The number of hydrogen-bond acceptors (Lipinski definition) is 2. The molecule has 0 bridgehead atoms. The van der Waals surface area contributed by atoms with E-state index in [-0.39, 0.29) is 6.04 Å². The molecular formula is C16H15N3O. The molecule has 20 heavy (non-hydrogen) atoms. The molecule has 0 unspecified atom stereocenters. The lowest BCUT2D eigenvalue weighted by Gasteiger charge is -2.19. The number of amides is 2. The highest BCUT2D eigenvalue weighted by molar-refractivity contribution is 6.03. The van der Waals surface area contributed by atoms with Gasteiger partial charge in [0.25, 0.3) is 0 Å². The Kier molecular flexibility index (Phi) is 3.21. The van der Waals surface area contributed by atoms with Crippen molar-refractivity contribution in [2.24, 2.45) is 10.8 Å². The summed E-state index contributed by atoms with van der Waals surface area (Å²) in [6, 6.07) is 19.1. The van der Waals surface area contributed by atoms with Crippen LogP contribution in [-0.4, -0.2) is 16.8 Å². The molecule has 100 valence electrons. The summed E-state index contributed by atoms with van der Waals surface area (Å²) in [6.45, 7) is 0. The minimum Gasteiger partial charge on any atom is -0.350 e. The smallest absolute Gasteiger partial charge is 0.335 e. The van der Waals surface area contributed by atoms with Crippen LogP contribution in [0.1, 0.15) is 23.6 Å². The molecule has 1 aliphatic rings. The molecule has 0 saturated heterocycles. The first kappa shape index (κ1) is 12.4. The molecule has 1 heterocycles. The highest BCUT2D eigenvalue weighted by Gasteiger charge is 2.31. The first-order valence-corrected chi connectivity index (χ1v) is 6.52. The Labute approximate surface area is 117 Å². The molecule has 2 aromatic rings. The summed E-state index contributed by atoms with van der Waals surface area (Å²) < 4.78 is 0. The van der Waals surface area contributed by atoms with E-state index in [2.05, 4.69) is 5.10 Å². The maximum absolute atomic E-state index is 11.6. The van der Waals surface area contributed by atoms with Crippen LogP contribution in [0.3, 0.4) is 0 Å². The Morgan fingerprint density at radius 3 is 2.25 bits per heavy atom. The number of carbonyl (C=O) groups excluding carboxylic acids is 1. The monoisotopic (exact) mass is 265 g/mol. The molecule has 2 amide bonds. The van der Waals surface area contributed by atoms with Crippen LogP contribution in [0.4, 0.5) is 4.79 Å². The average Bonchev–Trinajstić information content (AvgIpc) is 2.94. The SMILES string of the molecule is NC(=O)N1N=C(c2ccccc2)C[C@H]1c1ccccc1. The highest BCUT2D eigenvalue weighted by atomic mass is 16.2. The Morgan fingerprint density at radius 2 is 1.65 bits per heavy atom. The van der Waals surface area contributed by atoms with Crippen molar-refractivity contribution < 1.29 is 4.79 Å². The fraction of sp³-hybridized carbons (Fsp3) is 0.125. The molecule has 0 radical (unpaired) electrons. The van der Waals surface area contributed by atoms with Crippen molar-refractivity contribution in [1.29, 1.82) is 0 Å². The van der Waals surface area contributed by atoms with Crippen molar-refractivity contribution in [3.05, 3.63) is 71.8 Å². The fourth-order valence-corrected chi connectivity index (χ4v) is 2.45. The van der Waals surface area contributed by atoms with E-state index < -0.39 is 6.03 Å². The van der Waals surface area contributed by atoms with E-state index in [4.69, 9.17) is 5.73 Å². The zero-order valence-corrected chi connectivity index (χ0v) is 10.9. The lowest BCUT2D eigenvalue weighted by atomic mass is 9.99. The van der Waals surface area contributed by atoms with Gasteiger partial charge in [-0.15, -0.1) is 0 Å².